The van der Waals surface area contributed by atoms with Gasteiger partial charge in [0.2, 0.25) is 0 Å². The molecule has 3 heteroatoms. The molecule has 0 aliphatic carbocycles. The summed E-state index contributed by atoms with van der Waals surface area (Å²) in [5.74, 6) is 0.340. The maximum atomic E-state index is 12.5. The lowest BCUT2D eigenvalue weighted by Gasteiger charge is -2.41. The Balaban J connectivity index is 1.88. The number of benzene rings is 2. The van der Waals surface area contributed by atoms with E-state index in [1.165, 1.54) is 31.1 Å². The van der Waals surface area contributed by atoms with Crippen molar-refractivity contribution in [3.8, 4) is 0 Å². The van der Waals surface area contributed by atoms with Crippen LogP contribution in [0, 0.1) is 11.8 Å². The van der Waals surface area contributed by atoms with Gasteiger partial charge in [-0.25, -0.2) is 0 Å². The fourth-order valence-corrected chi connectivity index (χ4v) is 4.38. The van der Waals surface area contributed by atoms with E-state index in [2.05, 4.69) is 72.5 Å². The Kier molecular flexibility index (Phi) is 7.05. The van der Waals surface area contributed by atoms with Gasteiger partial charge in [-0.3, -0.25) is 9.69 Å². The second-order valence-corrected chi connectivity index (χ2v) is 7.54. The lowest BCUT2D eigenvalue weighted by Crippen LogP contribution is -2.46. The smallest absolute Gasteiger partial charge is 0.310 e. The topological polar surface area (TPSA) is 29.5 Å². The van der Waals surface area contributed by atoms with Crippen LogP contribution < -0.4 is 0 Å². The number of likely N-dealkylation sites (tertiary alicyclic amines) is 1. The molecule has 0 bridgehead atoms. The maximum absolute atomic E-state index is 12.5. The zero-order chi connectivity index (χ0) is 19.1. The number of rotatable bonds is 7. The van der Waals surface area contributed by atoms with Gasteiger partial charge in [-0.05, 0) is 36.4 Å². The minimum atomic E-state index is -0.0549. The molecule has 144 valence electrons. The summed E-state index contributed by atoms with van der Waals surface area (Å²) in [6.07, 6.45) is 4.52. The molecule has 1 saturated heterocycles. The molecule has 3 rings (SSSR count). The summed E-state index contributed by atoms with van der Waals surface area (Å²) in [4.78, 5) is 15.0. The van der Waals surface area contributed by atoms with E-state index >= 15 is 0 Å². The predicted octanol–water partition coefficient (Wildman–Crippen LogP) is 5.08. The van der Waals surface area contributed by atoms with Crippen LogP contribution >= 0.6 is 0 Å². The summed E-state index contributed by atoms with van der Waals surface area (Å²) >= 11 is 0. The number of carbonyl (C=O) groups excluding carboxylic acids is 1. The Morgan fingerprint density at radius 2 is 1.67 bits per heavy atom. The molecular weight excluding hydrogens is 334 g/mol. The first kappa shape index (κ1) is 19.6. The van der Waals surface area contributed by atoms with Crippen LogP contribution in [-0.4, -0.2) is 31.1 Å². The number of esters is 1. The van der Waals surface area contributed by atoms with Gasteiger partial charge in [-0.1, -0.05) is 80.4 Å². The lowest BCUT2D eigenvalue weighted by molar-refractivity contribution is -0.150. The average Bonchev–Trinajstić information content (AvgIpc) is 2.74. The van der Waals surface area contributed by atoms with Gasteiger partial charge in [0.1, 0.15) is 0 Å². The van der Waals surface area contributed by atoms with E-state index in [1.807, 2.05) is 0 Å². The van der Waals surface area contributed by atoms with Crippen LogP contribution in [0.15, 0.2) is 60.7 Å². The van der Waals surface area contributed by atoms with Crippen molar-refractivity contribution in [1.29, 1.82) is 0 Å². The van der Waals surface area contributed by atoms with Crippen molar-refractivity contribution >= 4 is 5.97 Å². The molecule has 3 nitrogen and oxygen atoms in total. The van der Waals surface area contributed by atoms with Crippen LogP contribution in [-0.2, 0) is 9.53 Å². The molecule has 0 saturated carbocycles. The third-order valence-electron chi connectivity index (χ3n) is 5.82. The maximum Gasteiger partial charge on any atom is 0.310 e. The third kappa shape index (κ3) is 4.78. The van der Waals surface area contributed by atoms with Gasteiger partial charge in [0.25, 0.3) is 0 Å². The highest BCUT2D eigenvalue weighted by molar-refractivity contribution is 5.73. The molecule has 1 fully saturated rings. The van der Waals surface area contributed by atoms with Crippen molar-refractivity contribution in [2.24, 2.45) is 11.8 Å². The quantitative estimate of drug-likeness (QED) is 0.641. The van der Waals surface area contributed by atoms with Gasteiger partial charge in [0.05, 0.1) is 19.1 Å². The standard InChI is InChI=1S/C24H31NO2/c1-3-4-11-19-16-17-25(18-22(19)24(26)27-2)23(20-12-7-5-8-13-20)21-14-9-6-10-15-21/h5-10,12-15,19,22-23H,3-4,11,16-18H2,1-2H3. The van der Waals surface area contributed by atoms with Crippen LogP contribution in [0.2, 0.25) is 0 Å². The molecule has 2 unspecified atom stereocenters. The first-order chi connectivity index (χ1) is 13.2. The van der Waals surface area contributed by atoms with E-state index in [9.17, 15) is 4.79 Å². The molecule has 0 radical (unpaired) electrons. The zero-order valence-electron chi connectivity index (χ0n) is 16.5. The van der Waals surface area contributed by atoms with Gasteiger partial charge < -0.3 is 4.74 Å². The van der Waals surface area contributed by atoms with E-state index in [-0.39, 0.29) is 17.9 Å². The van der Waals surface area contributed by atoms with E-state index in [0.717, 1.165) is 25.9 Å². The Labute approximate surface area is 163 Å². The summed E-state index contributed by atoms with van der Waals surface area (Å²) in [7, 11) is 1.52. The number of hydrogen-bond donors (Lipinski definition) is 0. The number of piperidine rings is 1. The number of ether oxygens (including phenoxy) is 1. The molecule has 0 N–H and O–H groups in total. The molecular formula is C24H31NO2. The number of unbranched alkanes of at least 4 members (excludes halogenated alkanes) is 1. The molecule has 1 aliphatic rings. The summed E-state index contributed by atoms with van der Waals surface area (Å²) in [5.41, 5.74) is 2.55. The predicted molar refractivity (Wildman–Crippen MR) is 109 cm³/mol. The van der Waals surface area contributed by atoms with Crippen LogP contribution in [0.4, 0.5) is 0 Å². The van der Waals surface area contributed by atoms with Crippen molar-refractivity contribution in [1.82, 2.24) is 4.90 Å². The Morgan fingerprint density at radius 3 is 2.19 bits per heavy atom. The molecule has 1 heterocycles. The largest absolute Gasteiger partial charge is 0.469 e. The highest BCUT2D eigenvalue weighted by Crippen LogP contribution is 2.36. The summed E-state index contributed by atoms with van der Waals surface area (Å²) in [6.45, 7) is 3.98. The molecule has 27 heavy (non-hydrogen) atoms. The SMILES string of the molecule is CCCCC1CCN(C(c2ccccc2)c2ccccc2)CC1C(=O)OC. The Bertz CT molecular complexity index is 661. The molecule has 2 aromatic rings. The monoisotopic (exact) mass is 365 g/mol. The number of hydrogen-bond acceptors (Lipinski definition) is 3. The van der Waals surface area contributed by atoms with Crippen LogP contribution in [0.5, 0.6) is 0 Å². The fourth-order valence-electron chi connectivity index (χ4n) is 4.38. The van der Waals surface area contributed by atoms with Crippen molar-refractivity contribution in [2.75, 3.05) is 20.2 Å². The van der Waals surface area contributed by atoms with Crippen molar-refractivity contribution in [2.45, 2.75) is 38.6 Å². The first-order valence-electron chi connectivity index (χ1n) is 10.2. The van der Waals surface area contributed by atoms with E-state index in [4.69, 9.17) is 4.74 Å². The molecule has 2 atom stereocenters. The minimum Gasteiger partial charge on any atom is -0.469 e. The number of methoxy groups -OCH3 is 1. The van der Waals surface area contributed by atoms with Crippen LogP contribution in [0.1, 0.15) is 49.8 Å². The normalized spacial score (nSPS) is 20.6. The molecule has 1 aliphatic heterocycles. The fraction of sp³-hybridized carbons (Fsp3) is 0.458. The van der Waals surface area contributed by atoms with Crippen molar-refractivity contribution in [3.63, 3.8) is 0 Å². The van der Waals surface area contributed by atoms with Gasteiger partial charge in [-0.2, -0.15) is 0 Å². The van der Waals surface area contributed by atoms with Crippen molar-refractivity contribution < 1.29 is 9.53 Å². The highest BCUT2D eigenvalue weighted by Gasteiger charge is 2.37. The highest BCUT2D eigenvalue weighted by atomic mass is 16.5. The molecule has 2 aromatic carbocycles. The lowest BCUT2D eigenvalue weighted by atomic mass is 9.80. The summed E-state index contributed by atoms with van der Waals surface area (Å²) in [6, 6.07) is 21.4. The first-order valence-corrected chi connectivity index (χ1v) is 10.2. The van der Waals surface area contributed by atoms with Gasteiger partial charge in [0.15, 0.2) is 0 Å². The van der Waals surface area contributed by atoms with Gasteiger partial charge >= 0.3 is 5.97 Å². The number of carbonyl (C=O) groups is 1. The summed E-state index contributed by atoms with van der Waals surface area (Å²) < 4.78 is 5.17. The average molecular weight is 366 g/mol. The van der Waals surface area contributed by atoms with Gasteiger partial charge in [0, 0.05) is 6.54 Å². The van der Waals surface area contributed by atoms with E-state index in [0.29, 0.717) is 5.92 Å². The Morgan fingerprint density at radius 1 is 1.07 bits per heavy atom. The number of nitrogens with zero attached hydrogens (tertiary/aromatic N) is 1. The zero-order valence-corrected chi connectivity index (χ0v) is 16.5. The van der Waals surface area contributed by atoms with Crippen molar-refractivity contribution in [3.05, 3.63) is 71.8 Å². The molecule has 0 amide bonds. The van der Waals surface area contributed by atoms with Gasteiger partial charge in [-0.15, -0.1) is 0 Å². The molecule has 0 spiro atoms. The molecule has 0 aromatic heterocycles. The minimum absolute atomic E-state index is 0.0368. The third-order valence-corrected chi connectivity index (χ3v) is 5.82. The van der Waals surface area contributed by atoms with E-state index < -0.39 is 0 Å². The van der Waals surface area contributed by atoms with Crippen LogP contribution in [0.25, 0.3) is 0 Å². The van der Waals surface area contributed by atoms with Crippen LogP contribution in [0.3, 0.4) is 0 Å². The second kappa shape index (κ2) is 9.70. The summed E-state index contributed by atoms with van der Waals surface area (Å²) in [5, 5.41) is 0. The van der Waals surface area contributed by atoms with E-state index in [1.54, 1.807) is 0 Å². The Hall–Kier alpha value is -2.13. The second-order valence-electron chi connectivity index (χ2n) is 7.54.